The van der Waals surface area contributed by atoms with Crippen molar-refractivity contribution in [1.29, 1.82) is 0 Å². The van der Waals surface area contributed by atoms with Crippen molar-refractivity contribution >= 4 is 17.5 Å². The third kappa shape index (κ3) is 6.46. The second-order valence-electron chi connectivity index (χ2n) is 5.60. The summed E-state index contributed by atoms with van der Waals surface area (Å²) in [6.45, 7) is 4.60. The van der Waals surface area contributed by atoms with Gasteiger partial charge in [0.05, 0.1) is 18.6 Å². The van der Waals surface area contributed by atoms with Crippen LogP contribution in [-0.4, -0.2) is 25.7 Å². The Morgan fingerprint density at radius 2 is 1.95 bits per heavy atom. The second-order valence-corrected chi connectivity index (χ2v) is 6.04. The molecule has 1 rings (SSSR count). The smallest absolute Gasteiger partial charge is 0.223 e. The number of carbonyl (C=O) groups excluding carboxylic acids is 1. The number of amides is 1. The van der Waals surface area contributed by atoms with Gasteiger partial charge >= 0.3 is 0 Å². The number of methoxy groups -OCH3 is 1. The van der Waals surface area contributed by atoms with Crippen LogP contribution in [0, 0.1) is 5.92 Å². The Bertz CT molecular complexity index is 430. The van der Waals surface area contributed by atoms with E-state index in [2.05, 4.69) is 19.2 Å². The molecule has 2 atom stereocenters. The van der Waals surface area contributed by atoms with Crippen LogP contribution in [0.2, 0.25) is 5.02 Å². The van der Waals surface area contributed by atoms with Crippen molar-refractivity contribution in [1.82, 2.24) is 5.32 Å². The molecule has 0 radical (unpaired) electrons. The summed E-state index contributed by atoms with van der Waals surface area (Å²) in [5.41, 5.74) is 6.61. The van der Waals surface area contributed by atoms with Crippen LogP contribution in [0.15, 0.2) is 24.3 Å². The van der Waals surface area contributed by atoms with E-state index in [1.54, 1.807) is 7.11 Å². The third-order valence-electron chi connectivity index (χ3n) is 3.32. The Morgan fingerprint density at radius 1 is 1.33 bits per heavy atom. The first-order valence-corrected chi connectivity index (χ1v) is 7.61. The SMILES string of the molecule is COC(CN)CC(=O)NC(CC(C)C)c1ccc(Cl)cc1. The standard InChI is InChI=1S/C16H25ClN2O2/c1-11(2)8-15(12-4-6-13(17)7-5-12)19-16(20)9-14(10-18)21-3/h4-7,11,14-15H,8-10,18H2,1-3H3,(H,19,20). The molecule has 1 amide bonds. The fraction of sp³-hybridized carbons (Fsp3) is 0.562. The monoisotopic (exact) mass is 312 g/mol. The zero-order chi connectivity index (χ0) is 15.8. The van der Waals surface area contributed by atoms with Crippen molar-refractivity contribution in [2.45, 2.75) is 38.8 Å². The predicted octanol–water partition coefficient (Wildman–Crippen LogP) is 2.91. The molecule has 0 aromatic heterocycles. The average molecular weight is 313 g/mol. The molecule has 4 nitrogen and oxygen atoms in total. The highest BCUT2D eigenvalue weighted by Crippen LogP contribution is 2.23. The minimum absolute atomic E-state index is 0.0231. The van der Waals surface area contributed by atoms with Crippen LogP contribution >= 0.6 is 11.6 Å². The van der Waals surface area contributed by atoms with Crippen molar-refractivity contribution in [3.63, 3.8) is 0 Å². The first kappa shape index (κ1) is 18.0. The lowest BCUT2D eigenvalue weighted by Gasteiger charge is -2.22. The van der Waals surface area contributed by atoms with Gasteiger partial charge in [0.25, 0.3) is 0 Å². The summed E-state index contributed by atoms with van der Waals surface area (Å²) in [5.74, 6) is 0.423. The molecule has 0 spiro atoms. The van der Waals surface area contributed by atoms with E-state index in [0.29, 0.717) is 17.5 Å². The number of benzene rings is 1. The normalized spacial score (nSPS) is 14.0. The van der Waals surface area contributed by atoms with Gasteiger partial charge in [-0.05, 0) is 30.0 Å². The Kier molecular flexibility index (Phi) is 7.72. The second kappa shape index (κ2) is 9.03. The van der Waals surface area contributed by atoms with E-state index < -0.39 is 0 Å². The van der Waals surface area contributed by atoms with Crippen LogP contribution in [0.25, 0.3) is 0 Å². The fourth-order valence-corrected chi connectivity index (χ4v) is 2.29. The molecule has 2 unspecified atom stereocenters. The van der Waals surface area contributed by atoms with Gasteiger partial charge in [0, 0.05) is 18.7 Å². The number of hydrogen-bond acceptors (Lipinski definition) is 3. The Balaban J connectivity index is 2.74. The van der Waals surface area contributed by atoms with Gasteiger partial charge in [0.1, 0.15) is 0 Å². The molecular weight excluding hydrogens is 288 g/mol. The highest BCUT2D eigenvalue weighted by Gasteiger charge is 2.18. The van der Waals surface area contributed by atoms with Crippen LogP contribution in [-0.2, 0) is 9.53 Å². The summed E-state index contributed by atoms with van der Waals surface area (Å²) >= 11 is 5.92. The number of nitrogens with two attached hydrogens (primary N) is 1. The Hall–Kier alpha value is -1.10. The van der Waals surface area contributed by atoms with Crippen molar-refractivity contribution in [2.75, 3.05) is 13.7 Å². The molecule has 5 heteroatoms. The van der Waals surface area contributed by atoms with Gasteiger partial charge in [0.15, 0.2) is 0 Å². The minimum atomic E-state index is -0.241. The fourth-order valence-electron chi connectivity index (χ4n) is 2.17. The number of hydrogen-bond donors (Lipinski definition) is 2. The summed E-state index contributed by atoms with van der Waals surface area (Å²) in [7, 11) is 1.57. The average Bonchev–Trinajstić information content (AvgIpc) is 2.44. The molecule has 0 aliphatic carbocycles. The first-order valence-electron chi connectivity index (χ1n) is 7.24. The molecule has 118 valence electrons. The van der Waals surface area contributed by atoms with Gasteiger partial charge in [-0.1, -0.05) is 37.6 Å². The number of nitrogens with one attached hydrogen (secondary N) is 1. The Labute approximate surface area is 132 Å². The molecule has 0 saturated heterocycles. The maximum absolute atomic E-state index is 12.1. The van der Waals surface area contributed by atoms with Crippen molar-refractivity contribution < 1.29 is 9.53 Å². The molecule has 0 saturated carbocycles. The van der Waals surface area contributed by atoms with Crippen LogP contribution in [0.4, 0.5) is 0 Å². The van der Waals surface area contributed by atoms with Crippen LogP contribution in [0.5, 0.6) is 0 Å². The van der Waals surface area contributed by atoms with Crippen molar-refractivity contribution in [3.8, 4) is 0 Å². The zero-order valence-electron chi connectivity index (χ0n) is 12.9. The van der Waals surface area contributed by atoms with Gasteiger partial charge in [-0.25, -0.2) is 0 Å². The predicted molar refractivity (Wildman–Crippen MR) is 86.3 cm³/mol. The summed E-state index contributed by atoms with van der Waals surface area (Å²) in [6, 6.07) is 7.56. The highest BCUT2D eigenvalue weighted by atomic mass is 35.5. The van der Waals surface area contributed by atoms with Gasteiger partial charge in [-0.15, -0.1) is 0 Å². The molecule has 3 N–H and O–H groups in total. The molecular formula is C16H25ClN2O2. The van der Waals surface area contributed by atoms with Crippen LogP contribution < -0.4 is 11.1 Å². The van der Waals surface area contributed by atoms with Crippen LogP contribution in [0.1, 0.15) is 38.3 Å². The summed E-state index contributed by atoms with van der Waals surface area (Å²) < 4.78 is 5.15. The van der Waals surface area contributed by atoms with Gasteiger partial charge in [-0.2, -0.15) is 0 Å². The molecule has 0 bridgehead atoms. The van der Waals surface area contributed by atoms with Gasteiger partial charge in [-0.3, -0.25) is 4.79 Å². The molecule has 0 fully saturated rings. The highest BCUT2D eigenvalue weighted by molar-refractivity contribution is 6.30. The maximum Gasteiger partial charge on any atom is 0.223 e. The largest absolute Gasteiger partial charge is 0.380 e. The number of ether oxygens (including phenoxy) is 1. The molecule has 21 heavy (non-hydrogen) atoms. The zero-order valence-corrected chi connectivity index (χ0v) is 13.7. The summed E-state index contributed by atoms with van der Waals surface area (Å²) in [6.07, 6.45) is 0.901. The lowest BCUT2D eigenvalue weighted by molar-refractivity contribution is -0.124. The molecule has 0 heterocycles. The summed E-state index contributed by atoms with van der Waals surface area (Å²) in [5, 5.41) is 3.76. The van der Waals surface area contributed by atoms with Crippen molar-refractivity contribution in [3.05, 3.63) is 34.9 Å². The Morgan fingerprint density at radius 3 is 2.43 bits per heavy atom. The van der Waals surface area contributed by atoms with E-state index in [-0.39, 0.29) is 24.5 Å². The number of rotatable bonds is 8. The lowest BCUT2D eigenvalue weighted by Crippen LogP contribution is -2.34. The quantitative estimate of drug-likeness (QED) is 0.775. The minimum Gasteiger partial charge on any atom is -0.380 e. The number of carbonyl (C=O) groups is 1. The van der Waals surface area contributed by atoms with Crippen molar-refractivity contribution in [2.24, 2.45) is 11.7 Å². The van der Waals surface area contributed by atoms with Gasteiger partial charge < -0.3 is 15.8 Å². The van der Waals surface area contributed by atoms with E-state index in [0.717, 1.165) is 12.0 Å². The van der Waals surface area contributed by atoms with E-state index >= 15 is 0 Å². The maximum atomic E-state index is 12.1. The van der Waals surface area contributed by atoms with Gasteiger partial charge in [0.2, 0.25) is 5.91 Å². The molecule has 0 aliphatic heterocycles. The summed E-state index contributed by atoms with van der Waals surface area (Å²) in [4.78, 5) is 12.1. The molecule has 1 aromatic rings. The third-order valence-corrected chi connectivity index (χ3v) is 3.58. The van der Waals surface area contributed by atoms with E-state index in [9.17, 15) is 4.79 Å². The van der Waals surface area contributed by atoms with E-state index in [1.807, 2.05) is 24.3 Å². The lowest BCUT2D eigenvalue weighted by atomic mass is 9.96. The molecule has 0 aliphatic rings. The number of halogens is 1. The van der Waals surface area contributed by atoms with Crippen LogP contribution in [0.3, 0.4) is 0 Å². The first-order chi connectivity index (χ1) is 9.96. The van der Waals surface area contributed by atoms with E-state index in [1.165, 1.54) is 0 Å². The molecule has 1 aromatic carbocycles. The van der Waals surface area contributed by atoms with E-state index in [4.69, 9.17) is 22.1 Å². The topological polar surface area (TPSA) is 64.3 Å².